The fourth-order valence-electron chi connectivity index (χ4n) is 3.14. The fraction of sp³-hybridized carbons (Fsp3) is 0.647. The van der Waals surface area contributed by atoms with Gasteiger partial charge in [0.25, 0.3) is 0 Å². The Morgan fingerprint density at radius 3 is 2.52 bits per heavy atom. The number of hydrogen-bond donors (Lipinski definition) is 1. The highest BCUT2D eigenvalue weighted by atomic mass is 16.5. The average molecular weight is 291 g/mol. The lowest BCUT2D eigenvalue weighted by atomic mass is 10.0. The van der Waals surface area contributed by atoms with E-state index in [1.165, 1.54) is 5.56 Å². The van der Waals surface area contributed by atoms with E-state index in [4.69, 9.17) is 4.74 Å². The van der Waals surface area contributed by atoms with E-state index in [1.54, 1.807) is 7.11 Å². The monoisotopic (exact) mass is 291 g/mol. The number of methoxy groups -OCH3 is 1. The van der Waals surface area contributed by atoms with E-state index in [0.717, 1.165) is 25.4 Å². The minimum Gasteiger partial charge on any atom is -0.497 e. The zero-order valence-corrected chi connectivity index (χ0v) is 14.0. The molecule has 4 nitrogen and oxygen atoms in total. The number of piperazine rings is 1. The quantitative estimate of drug-likeness (QED) is 0.898. The standard InChI is InChI=1S/C17H29N3O/c1-13-10-20(11-14(2)19(13)4)12-17(18-3)15-7-6-8-16(9-15)21-5/h6-9,13-14,17-18H,10-12H2,1-5H3. The number of rotatable bonds is 5. The summed E-state index contributed by atoms with van der Waals surface area (Å²) >= 11 is 0. The molecule has 1 heterocycles. The molecule has 1 fully saturated rings. The maximum Gasteiger partial charge on any atom is 0.119 e. The minimum atomic E-state index is 0.336. The smallest absolute Gasteiger partial charge is 0.119 e. The van der Waals surface area contributed by atoms with Crippen LogP contribution in [0.4, 0.5) is 0 Å². The third-order valence-corrected chi connectivity index (χ3v) is 4.72. The number of likely N-dealkylation sites (N-methyl/N-ethyl adjacent to an activating group) is 2. The molecule has 1 N–H and O–H groups in total. The highest BCUT2D eigenvalue weighted by Crippen LogP contribution is 2.22. The molecule has 2 rings (SSSR count). The highest BCUT2D eigenvalue weighted by Gasteiger charge is 2.27. The van der Waals surface area contributed by atoms with Crippen LogP contribution in [0.1, 0.15) is 25.5 Å². The van der Waals surface area contributed by atoms with Gasteiger partial charge in [0.05, 0.1) is 7.11 Å². The summed E-state index contributed by atoms with van der Waals surface area (Å²) in [7, 11) is 5.98. The van der Waals surface area contributed by atoms with Crippen LogP contribution in [0.3, 0.4) is 0 Å². The Kier molecular flexibility index (Phi) is 5.62. The summed E-state index contributed by atoms with van der Waals surface area (Å²) in [6.07, 6.45) is 0. The minimum absolute atomic E-state index is 0.336. The molecule has 0 saturated carbocycles. The summed E-state index contributed by atoms with van der Waals surface area (Å²) in [5.41, 5.74) is 1.29. The first-order valence-corrected chi connectivity index (χ1v) is 7.80. The second-order valence-corrected chi connectivity index (χ2v) is 6.20. The van der Waals surface area contributed by atoms with Crippen LogP contribution >= 0.6 is 0 Å². The zero-order chi connectivity index (χ0) is 15.4. The molecule has 0 aliphatic carbocycles. The first kappa shape index (κ1) is 16.3. The molecule has 3 unspecified atom stereocenters. The van der Waals surface area contributed by atoms with E-state index < -0.39 is 0 Å². The van der Waals surface area contributed by atoms with Crippen LogP contribution in [-0.2, 0) is 0 Å². The summed E-state index contributed by atoms with van der Waals surface area (Å²) in [6, 6.07) is 9.91. The van der Waals surface area contributed by atoms with E-state index >= 15 is 0 Å². The normalized spacial score (nSPS) is 25.8. The molecule has 0 aromatic heterocycles. The summed E-state index contributed by atoms with van der Waals surface area (Å²) in [5.74, 6) is 0.924. The second kappa shape index (κ2) is 7.25. The predicted octanol–water partition coefficient (Wildman–Crippen LogP) is 1.98. The lowest BCUT2D eigenvalue weighted by Crippen LogP contribution is -2.56. The third-order valence-electron chi connectivity index (χ3n) is 4.72. The summed E-state index contributed by atoms with van der Waals surface area (Å²) in [5, 5.41) is 3.45. The molecule has 0 radical (unpaired) electrons. The average Bonchev–Trinajstić information content (AvgIpc) is 2.50. The van der Waals surface area contributed by atoms with Gasteiger partial charge < -0.3 is 10.1 Å². The molecular formula is C17H29N3O. The maximum absolute atomic E-state index is 5.34. The molecule has 1 saturated heterocycles. The van der Waals surface area contributed by atoms with Gasteiger partial charge in [-0.05, 0) is 45.6 Å². The molecule has 0 bridgehead atoms. The van der Waals surface area contributed by atoms with Crippen molar-refractivity contribution < 1.29 is 4.74 Å². The Bertz CT molecular complexity index is 439. The van der Waals surface area contributed by atoms with Crippen LogP contribution in [0.15, 0.2) is 24.3 Å². The molecule has 1 aromatic carbocycles. The van der Waals surface area contributed by atoms with Gasteiger partial charge in [-0.3, -0.25) is 9.80 Å². The number of hydrogen-bond acceptors (Lipinski definition) is 4. The summed E-state index contributed by atoms with van der Waals surface area (Å²) < 4.78 is 5.34. The summed E-state index contributed by atoms with van der Waals surface area (Å²) in [4.78, 5) is 5.03. The van der Waals surface area contributed by atoms with Gasteiger partial charge in [-0.25, -0.2) is 0 Å². The van der Waals surface area contributed by atoms with Gasteiger partial charge in [0.1, 0.15) is 5.75 Å². The Hall–Kier alpha value is -1.10. The number of benzene rings is 1. The van der Waals surface area contributed by atoms with Gasteiger partial charge in [-0.1, -0.05) is 12.1 Å². The molecule has 1 aliphatic rings. The van der Waals surface area contributed by atoms with Crippen molar-refractivity contribution >= 4 is 0 Å². The van der Waals surface area contributed by atoms with Crippen LogP contribution < -0.4 is 10.1 Å². The van der Waals surface area contributed by atoms with Crippen LogP contribution in [0.25, 0.3) is 0 Å². The number of nitrogens with zero attached hydrogens (tertiary/aromatic N) is 2. The van der Waals surface area contributed by atoms with Crippen molar-refractivity contribution in [2.24, 2.45) is 0 Å². The molecule has 1 aliphatic heterocycles. The number of ether oxygens (including phenoxy) is 1. The van der Waals surface area contributed by atoms with Gasteiger partial charge in [-0.2, -0.15) is 0 Å². The molecular weight excluding hydrogens is 262 g/mol. The van der Waals surface area contributed by atoms with Crippen molar-refractivity contribution in [1.29, 1.82) is 0 Å². The Morgan fingerprint density at radius 1 is 1.29 bits per heavy atom. The molecule has 1 aromatic rings. The summed E-state index contributed by atoms with van der Waals surface area (Å²) in [6.45, 7) is 7.91. The predicted molar refractivity (Wildman–Crippen MR) is 87.9 cm³/mol. The Balaban J connectivity index is 2.05. The lowest BCUT2D eigenvalue weighted by Gasteiger charge is -2.43. The van der Waals surface area contributed by atoms with Crippen molar-refractivity contribution in [3.8, 4) is 5.75 Å². The molecule has 118 valence electrons. The SMILES string of the molecule is CNC(CN1CC(C)N(C)C(C)C1)c1cccc(OC)c1. The Labute approximate surface area is 129 Å². The second-order valence-electron chi connectivity index (χ2n) is 6.20. The molecule has 0 spiro atoms. The van der Waals surface area contributed by atoms with Gasteiger partial charge >= 0.3 is 0 Å². The van der Waals surface area contributed by atoms with Crippen molar-refractivity contribution in [1.82, 2.24) is 15.1 Å². The molecule has 21 heavy (non-hydrogen) atoms. The van der Waals surface area contributed by atoms with Crippen LogP contribution in [0.5, 0.6) is 5.75 Å². The van der Waals surface area contributed by atoms with Crippen LogP contribution in [0, 0.1) is 0 Å². The topological polar surface area (TPSA) is 27.7 Å². The van der Waals surface area contributed by atoms with Gasteiger partial charge in [-0.15, -0.1) is 0 Å². The van der Waals surface area contributed by atoms with E-state index in [0.29, 0.717) is 18.1 Å². The van der Waals surface area contributed by atoms with Gasteiger partial charge in [0, 0.05) is 37.8 Å². The van der Waals surface area contributed by atoms with E-state index in [-0.39, 0.29) is 0 Å². The van der Waals surface area contributed by atoms with Crippen molar-refractivity contribution in [2.75, 3.05) is 40.8 Å². The van der Waals surface area contributed by atoms with Crippen LogP contribution in [0.2, 0.25) is 0 Å². The number of nitrogens with one attached hydrogen (secondary N) is 1. The largest absolute Gasteiger partial charge is 0.497 e. The fourth-order valence-corrected chi connectivity index (χ4v) is 3.14. The highest BCUT2D eigenvalue weighted by molar-refractivity contribution is 5.30. The molecule has 4 heteroatoms. The third kappa shape index (κ3) is 3.96. The Morgan fingerprint density at radius 2 is 1.95 bits per heavy atom. The van der Waals surface area contributed by atoms with E-state index in [2.05, 4.69) is 54.2 Å². The molecule has 3 atom stereocenters. The first-order chi connectivity index (χ1) is 10.0. The lowest BCUT2D eigenvalue weighted by molar-refractivity contribution is 0.0547. The molecule has 0 amide bonds. The van der Waals surface area contributed by atoms with Gasteiger partial charge in [0.15, 0.2) is 0 Å². The van der Waals surface area contributed by atoms with E-state index in [1.807, 2.05) is 13.1 Å². The van der Waals surface area contributed by atoms with Crippen LogP contribution in [-0.4, -0.2) is 62.7 Å². The van der Waals surface area contributed by atoms with Crippen molar-refractivity contribution in [3.63, 3.8) is 0 Å². The van der Waals surface area contributed by atoms with Crippen molar-refractivity contribution in [2.45, 2.75) is 32.0 Å². The van der Waals surface area contributed by atoms with Gasteiger partial charge in [0.2, 0.25) is 0 Å². The first-order valence-electron chi connectivity index (χ1n) is 7.80. The van der Waals surface area contributed by atoms with Crippen molar-refractivity contribution in [3.05, 3.63) is 29.8 Å². The zero-order valence-electron chi connectivity index (χ0n) is 14.0. The maximum atomic E-state index is 5.34. The van der Waals surface area contributed by atoms with E-state index in [9.17, 15) is 0 Å².